The number of rotatable bonds is 4. The largest absolute Gasteiger partial charge is 0.478 e. The molecular formula is C13H10ClNO5S. The molecule has 0 spiro atoms. The van der Waals surface area contributed by atoms with Crippen molar-refractivity contribution < 1.29 is 23.1 Å². The number of aromatic nitrogens is 1. The van der Waals surface area contributed by atoms with Gasteiger partial charge in [-0.3, -0.25) is 0 Å². The van der Waals surface area contributed by atoms with Crippen LogP contribution in [-0.2, 0) is 9.84 Å². The van der Waals surface area contributed by atoms with Gasteiger partial charge in [-0.05, 0) is 18.2 Å². The lowest BCUT2D eigenvalue weighted by atomic mass is 10.2. The van der Waals surface area contributed by atoms with Gasteiger partial charge in [0.1, 0.15) is 5.75 Å². The van der Waals surface area contributed by atoms with Crippen LogP contribution in [0.15, 0.2) is 41.4 Å². The number of hydrogen-bond acceptors (Lipinski definition) is 5. The summed E-state index contributed by atoms with van der Waals surface area (Å²) in [5.74, 6) is -0.983. The molecule has 0 aliphatic carbocycles. The van der Waals surface area contributed by atoms with Crippen LogP contribution >= 0.6 is 11.6 Å². The zero-order chi connectivity index (χ0) is 15.6. The van der Waals surface area contributed by atoms with Crippen molar-refractivity contribution in [3.63, 3.8) is 0 Å². The Morgan fingerprint density at radius 1 is 1.33 bits per heavy atom. The number of hydrogen-bond donors (Lipinski definition) is 1. The zero-order valence-electron chi connectivity index (χ0n) is 10.8. The van der Waals surface area contributed by atoms with E-state index in [1.165, 1.54) is 24.3 Å². The van der Waals surface area contributed by atoms with Crippen molar-refractivity contribution in [2.45, 2.75) is 4.90 Å². The first-order valence-corrected chi connectivity index (χ1v) is 7.91. The molecule has 1 heterocycles. The lowest BCUT2D eigenvalue weighted by Crippen LogP contribution is -2.00. The second-order valence-corrected chi connectivity index (χ2v) is 6.58. The maximum Gasteiger partial charge on any atom is 0.337 e. The number of pyridine rings is 1. The number of aromatic carboxylic acids is 1. The van der Waals surface area contributed by atoms with E-state index < -0.39 is 15.8 Å². The summed E-state index contributed by atoms with van der Waals surface area (Å²) in [4.78, 5) is 14.9. The van der Waals surface area contributed by atoms with Gasteiger partial charge in [0.2, 0.25) is 5.88 Å². The minimum absolute atomic E-state index is 0.00227. The van der Waals surface area contributed by atoms with Crippen LogP contribution in [0.25, 0.3) is 0 Å². The van der Waals surface area contributed by atoms with Gasteiger partial charge < -0.3 is 9.84 Å². The summed E-state index contributed by atoms with van der Waals surface area (Å²) in [5.41, 5.74) is -0.152. The molecule has 0 aliphatic heterocycles. The van der Waals surface area contributed by atoms with Crippen LogP contribution in [0.5, 0.6) is 11.6 Å². The molecule has 110 valence electrons. The van der Waals surface area contributed by atoms with Gasteiger partial charge in [-0.2, -0.15) is 0 Å². The van der Waals surface area contributed by atoms with E-state index >= 15 is 0 Å². The molecule has 0 aliphatic rings. The molecule has 1 aromatic heterocycles. The Morgan fingerprint density at radius 3 is 2.67 bits per heavy atom. The van der Waals surface area contributed by atoms with Crippen LogP contribution in [0.2, 0.25) is 5.02 Å². The fraction of sp³-hybridized carbons (Fsp3) is 0.0769. The van der Waals surface area contributed by atoms with Gasteiger partial charge in [0.05, 0.1) is 21.7 Å². The topological polar surface area (TPSA) is 93.6 Å². The van der Waals surface area contributed by atoms with Crippen molar-refractivity contribution in [2.75, 3.05) is 6.26 Å². The summed E-state index contributed by atoms with van der Waals surface area (Å²) in [6.07, 6.45) is 2.23. The molecule has 0 saturated heterocycles. The van der Waals surface area contributed by atoms with Crippen molar-refractivity contribution >= 4 is 27.4 Å². The van der Waals surface area contributed by atoms with Gasteiger partial charge in [-0.25, -0.2) is 18.2 Å². The lowest BCUT2D eigenvalue weighted by molar-refractivity contribution is 0.0696. The molecule has 0 amide bonds. The van der Waals surface area contributed by atoms with E-state index in [0.717, 1.165) is 18.5 Å². The highest BCUT2D eigenvalue weighted by Gasteiger charge is 2.13. The molecule has 6 nitrogen and oxygen atoms in total. The van der Waals surface area contributed by atoms with Gasteiger partial charge in [0.15, 0.2) is 9.84 Å². The average molecular weight is 328 g/mol. The summed E-state index contributed by atoms with van der Waals surface area (Å²) >= 11 is 5.70. The Kier molecular flexibility index (Phi) is 4.15. The van der Waals surface area contributed by atoms with Gasteiger partial charge in [-0.1, -0.05) is 17.7 Å². The third-order valence-corrected chi connectivity index (χ3v) is 3.93. The number of carbonyl (C=O) groups is 1. The molecule has 1 N–H and O–H groups in total. The van der Waals surface area contributed by atoms with E-state index in [-0.39, 0.29) is 27.1 Å². The number of ether oxygens (including phenoxy) is 1. The smallest absolute Gasteiger partial charge is 0.337 e. The summed E-state index contributed by atoms with van der Waals surface area (Å²) in [5, 5.41) is 8.95. The number of sulfone groups is 1. The molecule has 8 heteroatoms. The lowest BCUT2D eigenvalue weighted by Gasteiger charge is -2.07. The highest BCUT2D eigenvalue weighted by atomic mass is 35.5. The maximum absolute atomic E-state index is 11.5. The average Bonchev–Trinajstić information content (AvgIpc) is 2.40. The summed E-state index contributed by atoms with van der Waals surface area (Å²) in [6.45, 7) is 0. The third kappa shape index (κ3) is 3.71. The van der Waals surface area contributed by atoms with Crippen molar-refractivity contribution in [3.8, 4) is 11.6 Å². The van der Waals surface area contributed by atoms with Crippen LogP contribution in [0.4, 0.5) is 0 Å². The second-order valence-electron chi connectivity index (χ2n) is 4.16. The highest BCUT2D eigenvalue weighted by molar-refractivity contribution is 7.90. The van der Waals surface area contributed by atoms with E-state index in [9.17, 15) is 13.2 Å². The van der Waals surface area contributed by atoms with E-state index in [0.29, 0.717) is 0 Å². The van der Waals surface area contributed by atoms with E-state index in [2.05, 4.69) is 4.98 Å². The number of nitrogens with zero attached hydrogens (tertiary/aromatic N) is 1. The fourth-order valence-electron chi connectivity index (χ4n) is 1.53. The molecule has 2 rings (SSSR count). The molecule has 0 saturated carbocycles. The van der Waals surface area contributed by atoms with Gasteiger partial charge >= 0.3 is 5.97 Å². The number of benzene rings is 1. The molecule has 2 aromatic rings. The van der Waals surface area contributed by atoms with Gasteiger partial charge in [-0.15, -0.1) is 0 Å². The van der Waals surface area contributed by atoms with Crippen molar-refractivity contribution in [2.24, 2.45) is 0 Å². The highest BCUT2D eigenvalue weighted by Crippen LogP contribution is 2.25. The van der Waals surface area contributed by atoms with E-state index in [1.807, 2.05) is 0 Å². The van der Waals surface area contributed by atoms with Crippen LogP contribution in [0.3, 0.4) is 0 Å². The minimum atomic E-state index is -3.36. The molecule has 0 bridgehead atoms. The zero-order valence-corrected chi connectivity index (χ0v) is 12.4. The molecule has 1 aromatic carbocycles. The molecule has 0 unspecified atom stereocenters. The molecule has 21 heavy (non-hydrogen) atoms. The Morgan fingerprint density at radius 2 is 2.05 bits per heavy atom. The monoisotopic (exact) mass is 327 g/mol. The van der Waals surface area contributed by atoms with Crippen molar-refractivity contribution in [1.82, 2.24) is 4.98 Å². The Labute approximate surface area is 125 Å². The number of carboxylic acid groups (broad SMARTS) is 1. The standard InChI is InChI=1S/C13H10ClNO5S/c1-21(18,19)9-4-2-3-8(5-9)20-12-6-10(13(16)17)11(14)7-15-12/h2-7H,1H3,(H,16,17). The summed E-state index contributed by atoms with van der Waals surface area (Å²) < 4.78 is 28.3. The SMILES string of the molecule is CS(=O)(=O)c1cccc(Oc2cc(C(=O)O)c(Cl)cn2)c1. The van der Waals surface area contributed by atoms with Crippen LogP contribution in [0, 0.1) is 0 Å². The van der Waals surface area contributed by atoms with E-state index in [1.54, 1.807) is 0 Å². The maximum atomic E-state index is 11.5. The van der Waals surface area contributed by atoms with Crippen molar-refractivity contribution in [3.05, 3.63) is 47.1 Å². The first-order chi connectivity index (χ1) is 9.77. The first kappa shape index (κ1) is 15.3. The van der Waals surface area contributed by atoms with Crippen LogP contribution in [0.1, 0.15) is 10.4 Å². The first-order valence-electron chi connectivity index (χ1n) is 5.64. The van der Waals surface area contributed by atoms with Crippen LogP contribution in [-0.4, -0.2) is 30.7 Å². The van der Waals surface area contributed by atoms with Crippen molar-refractivity contribution in [1.29, 1.82) is 0 Å². The predicted octanol–water partition coefficient (Wildman–Crippen LogP) is 2.63. The second kappa shape index (κ2) is 5.71. The van der Waals surface area contributed by atoms with Gasteiger partial charge in [0, 0.05) is 12.3 Å². The Hall–Kier alpha value is -2.12. The minimum Gasteiger partial charge on any atom is -0.478 e. The number of halogens is 1. The fourth-order valence-corrected chi connectivity index (χ4v) is 2.37. The molecular weight excluding hydrogens is 318 g/mol. The summed E-state index contributed by atoms with van der Waals surface area (Å²) in [6, 6.07) is 6.97. The molecule has 0 radical (unpaired) electrons. The molecule has 0 fully saturated rings. The summed E-state index contributed by atoms with van der Waals surface area (Å²) in [7, 11) is -3.36. The number of carboxylic acids is 1. The predicted molar refractivity (Wildman–Crippen MR) is 75.8 cm³/mol. The Balaban J connectivity index is 2.35. The Bertz CT molecular complexity index is 804. The van der Waals surface area contributed by atoms with Gasteiger partial charge in [0.25, 0.3) is 0 Å². The van der Waals surface area contributed by atoms with E-state index in [4.69, 9.17) is 21.4 Å². The normalized spacial score (nSPS) is 11.1. The molecule has 0 atom stereocenters. The van der Waals surface area contributed by atoms with Crippen LogP contribution < -0.4 is 4.74 Å². The third-order valence-electron chi connectivity index (χ3n) is 2.52. The quantitative estimate of drug-likeness (QED) is 0.927.